The van der Waals surface area contributed by atoms with E-state index in [1.807, 2.05) is 0 Å². The van der Waals surface area contributed by atoms with E-state index in [-0.39, 0.29) is 12.3 Å². The van der Waals surface area contributed by atoms with Gasteiger partial charge in [0.25, 0.3) is 0 Å². The first-order valence-corrected chi connectivity index (χ1v) is 6.80. The molecule has 1 saturated carbocycles. The van der Waals surface area contributed by atoms with Gasteiger partial charge in [0.1, 0.15) is 11.6 Å². The molecule has 3 atom stereocenters. The summed E-state index contributed by atoms with van der Waals surface area (Å²) < 4.78 is 10.3. The predicted octanol–water partition coefficient (Wildman–Crippen LogP) is 1.97. The Morgan fingerprint density at radius 1 is 1.48 bits per heavy atom. The number of amides is 1. The van der Waals surface area contributed by atoms with E-state index >= 15 is 0 Å². The SMILES string of the molecule is COC(=O)[C@H](C[C@H]1C[C@@H]1[N+](=O)[O-])N(Cl)C(=O)OC(C)(C)C. The van der Waals surface area contributed by atoms with Crippen molar-refractivity contribution in [3.63, 3.8) is 0 Å². The van der Waals surface area contributed by atoms with Crippen LogP contribution in [-0.2, 0) is 14.3 Å². The zero-order valence-electron chi connectivity index (χ0n) is 12.4. The van der Waals surface area contributed by atoms with Crippen molar-refractivity contribution >= 4 is 23.8 Å². The van der Waals surface area contributed by atoms with Gasteiger partial charge in [-0.1, -0.05) is 0 Å². The van der Waals surface area contributed by atoms with Crippen LogP contribution < -0.4 is 0 Å². The molecule has 0 spiro atoms. The molecule has 0 aliphatic heterocycles. The minimum Gasteiger partial charge on any atom is -0.467 e. The van der Waals surface area contributed by atoms with E-state index in [0.717, 1.165) is 7.11 Å². The number of carbonyl (C=O) groups is 2. The summed E-state index contributed by atoms with van der Waals surface area (Å²) in [6.45, 7) is 4.98. The molecule has 1 rings (SSSR count). The van der Waals surface area contributed by atoms with E-state index in [9.17, 15) is 19.7 Å². The minimum absolute atomic E-state index is 0.0705. The van der Waals surface area contributed by atoms with Gasteiger partial charge in [0.2, 0.25) is 6.04 Å². The smallest absolute Gasteiger partial charge is 0.425 e. The number of nitrogens with zero attached hydrogens (tertiary/aromatic N) is 2. The molecule has 1 amide bonds. The Hall–Kier alpha value is -1.57. The quantitative estimate of drug-likeness (QED) is 0.332. The van der Waals surface area contributed by atoms with E-state index in [4.69, 9.17) is 16.5 Å². The lowest BCUT2D eigenvalue weighted by Crippen LogP contribution is -2.42. The largest absolute Gasteiger partial charge is 0.467 e. The van der Waals surface area contributed by atoms with Crippen molar-refractivity contribution in [2.45, 2.75) is 51.3 Å². The lowest BCUT2D eigenvalue weighted by molar-refractivity contribution is -0.498. The maximum Gasteiger partial charge on any atom is 0.425 e. The van der Waals surface area contributed by atoms with E-state index in [2.05, 4.69) is 4.74 Å². The third kappa shape index (κ3) is 5.04. The zero-order chi connectivity index (χ0) is 16.4. The van der Waals surface area contributed by atoms with Crippen LogP contribution in [0.1, 0.15) is 33.6 Å². The third-order valence-electron chi connectivity index (χ3n) is 3.00. The number of hydrogen-bond acceptors (Lipinski definition) is 6. The molecular weight excluding hydrogens is 304 g/mol. The van der Waals surface area contributed by atoms with Gasteiger partial charge in [-0.2, -0.15) is 0 Å². The van der Waals surface area contributed by atoms with E-state index in [0.29, 0.717) is 10.8 Å². The Kier molecular flexibility index (Phi) is 5.38. The summed E-state index contributed by atoms with van der Waals surface area (Å²) in [6.07, 6.45) is -0.460. The highest BCUT2D eigenvalue weighted by molar-refractivity contribution is 6.21. The first kappa shape index (κ1) is 17.5. The van der Waals surface area contributed by atoms with Crippen molar-refractivity contribution < 1.29 is 24.0 Å². The van der Waals surface area contributed by atoms with Crippen molar-refractivity contribution in [2.75, 3.05) is 7.11 Å². The molecule has 0 radical (unpaired) electrons. The summed E-state index contributed by atoms with van der Waals surface area (Å²) in [4.78, 5) is 33.8. The van der Waals surface area contributed by atoms with Crippen LogP contribution in [0.4, 0.5) is 4.79 Å². The number of esters is 1. The van der Waals surface area contributed by atoms with Crippen LogP contribution in [0.2, 0.25) is 0 Å². The van der Waals surface area contributed by atoms with Crippen molar-refractivity contribution in [1.82, 2.24) is 4.42 Å². The number of methoxy groups -OCH3 is 1. The molecule has 21 heavy (non-hydrogen) atoms. The second-order valence-electron chi connectivity index (χ2n) is 5.91. The number of hydrogen-bond donors (Lipinski definition) is 0. The molecule has 0 unspecified atom stereocenters. The molecule has 1 aliphatic carbocycles. The van der Waals surface area contributed by atoms with Crippen molar-refractivity contribution in [1.29, 1.82) is 0 Å². The molecule has 0 bridgehead atoms. The Labute approximate surface area is 127 Å². The molecule has 1 fully saturated rings. The molecule has 0 aromatic carbocycles. The number of rotatable bonds is 5. The summed E-state index contributed by atoms with van der Waals surface area (Å²) in [6, 6.07) is -1.80. The van der Waals surface area contributed by atoms with Gasteiger partial charge >= 0.3 is 12.1 Å². The van der Waals surface area contributed by atoms with Crippen LogP contribution >= 0.6 is 11.8 Å². The normalized spacial score (nSPS) is 22.1. The van der Waals surface area contributed by atoms with Gasteiger partial charge in [0, 0.05) is 29.0 Å². The topological polar surface area (TPSA) is 99.0 Å². The molecule has 0 saturated heterocycles. The minimum atomic E-state index is -1.11. The molecule has 8 nitrogen and oxygen atoms in total. The van der Waals surface area contributed by atoms with Gasteiger partial charge in [-0.05, 0) is 27.2 Å². The van der Waals surface area contributed by atoms with Crippen LogP contribution in [0.15, 0.2) is 0 Å². The van der Waals surface area contributed by atoms with Crippen LogP contribution in [0.3, 0.4) is 0 Å². The standard InChI is InChI=1S/C12H19ClN2O6/c1-12(2,3)21-11(17)14(13)9(10(16)20-4)6-7-5-8(7)15(18)19/h7-9H,5-6H2,1-4H3/t7-,8+,9+/m1/s1. The Balaban J connectivity index is 2.71. The molecule has 120 valence electrons. The van der Waals surface area contributed by atoms with Gasteiger partial charge < -0.3 is 9.47 Å². The number of carbonyl (C=O) groups excluding carboxylic acids is 2. The van der Waals surface area contributed by atoms with Crippen LogP contribution in [0.5, 0.6) is 0 Å². The fourth-order valence-electron chi connectivity index (χ4n) is 1.88. The van der Waals surface area contributed by atoms with E-state index < -0.39 is 34.7 Å². The van der Waals surface area contributed by atoms with Crippen LogP contribution in [-0.4, -0.2) is 46.2 Å². The molecule has 9 heteroatoms. The first-order valence-electron chi connectivity index (χ1n) is 6.46. The van der Waals surface area contributed by atoms with Gasteiger partial charge in [0.05, 0.1) is 7.11 Å². The lowest BCUT2D eigenvalue weighted by Gasteiger charge is -2.26. The highest BCUT2D eigenvalue weighted by Gasteiger charge is 2.51. The maximum absolute atomic E-state index is 11.9. The van der Waals surface area contributed by atoms with E-state index in [1.165, 1.54) is 0 Å². The lowest BCUT2D eigenvalue weighted by atomic mass is 10.1. The molecular formula is C12H19ClN2O6. The molecule has 0 N–H and O–H groups in total. The van der Waals surface area contributed by atoms with Gasteiger partial charge in [-0.3, -0.25) is 10.1 Å². The fraction of sp³-hybridized carbons (Fsp3) is 0.833. The summed E-state index contributed by atoms with van der Waals surface area (Å²) in [5.74, 6) is -1.03. The summed E-state index contributed by atoms with van der Waals surface area (Å²) in [5, 5.41) is 10.6. The summed E-state index contributed by atoms with van der Waals surface area (Å²) in [5.41, 5.74) is -0.770. The number of halogens is 1. The molecule has 0 aromatic heterocycles. The first-order chi connectivity index (χ1) is 9.56. The van der Waals surface area contributed by atoms with Gasteiger partial charge in [-0.15, -0.1) is 0 Å². The average Bonchev–Trinajstić information content (AvgIpc) is 3.11. The molecule has 0 aromatic rings. The predicted molar refractivity (Wildman–Crippen MR) is 73.2 cm³/mol. The molecule has 0 heterocycles. The second kappa shape index (κ2) is 6.46. The van der Waals surface area contributed by atoms with Crippen LogP contribution in [0, 0.1) is 16.0 Å². The Morgan fingerprint density at radius 3 is 2.43 bits per heavy atom. The van der Waals surface area contributed by atoms with Crippen molar-refractivity contribution in [3.05, 3.63) is 10.1 Å². The summed E-state index contributed by atoms with van der Waals surface area (Å²) >= 11 is 5.86. The second-order valence-corrected chi connectivity index (χ2v) is 6.28. The monoisotopic (exact) mass is 322 g/mol. The van der Waals surface area contributed by atoms with E-state index in [1.54, 1.807) is 20.8 Å². The van der Waals surface area contributed by atoms with Crippen molar-refractivity contribution in [3.8, 4) is 0 Å². The fourth-order valence-corrected chi connectivity index (χ4v) is 2.07. The third-order valence-corrected chi connectivity index (χ3v) is 3.37. The van der Waals surface area contributed by atoms with Gasteiger partial charge in [-0.25, -0.2) is 14.0 Å². The molecule has 1 aliphatic rings. The zero-order valence-corrected chi connectivity index (χ0v) is 13.1. The van der Waals surface area contributed by atoms with Gasteiger partial charge in [0.15, 0.2) is 0 Å². The summed E-state index contributed by atoms with van der Waals surface area (Å²) in [7, 11) is 1.16. The highest BCUT2D eigenvalue weighted by Crippen LogP contribution is 2.38. The van der Waals surface area contributed by atoms with Crippen molar-refractivity contribution in [2.24, 2.45) is 5.92 Å². The van der Waals surface area contributed by atoms with Crippen LogP contribution in [0.25, 0.3) is 0 Å². The Bertz CT molecular complexity index is 436. The number of ether oxygens (including phenoxy) is 2. The highest BCUT2D eigenvalue weighted by atomic mass is 35.5. The number of nitro groups is 1. The Morgan fingerprint density at radius 2 is 2.05 bits per heavy atom. The maximum atomic E-state index is 11.9. The average molecular weight is 323 g/mol.